The molecule has 0 aliphatic rings. The van der Waals surface area contributed by atoms with Crippen molar-refractivity contribution in [3.05, 3.63) is 37.9 Å². The number of non-ortho nitro benzene ring substituents is 1. The van der Waals surface area contributed by atoms with Crippen molar-refractivity contribution in [2.75, 3.05) is 5.32 Å². The van der Waals surface area contributed by atoms with Gasteiger partial charge in [0.2, 0.25) is 0 Å². The Balaban J connectivity index is 3.64. The average Bonchev–Trinajstić information content (AvgIpc) is 2.25. The Morgan fingerprint density at radius 1 is 1.20 bits per heavy atom. The predicted molar refractivity (Wildman–Crippen MR) is 71.6 cm³/mol. The van der Waals surface area contributed by atoms with E-state index >= 15 is 0 Å². The number of hydrogen-bond acceptors (Lipinski definition) is 6. The Labute approximate surface area is 114 Å². The van der Waals surface area contributed by atoms with E-state index in [4.69, 9.17) is 5.73 Å². The molecule has 0 radical (unpaired) electrons. The van der Waals surface area contributed by atoms with Crippen LogP contribution in [0, 0.1) is 20.2 Å². The highest BCUT2D eigenvalue weighted by Crippen LogP contribution is 2.34. The minimum absolute atomic E-state index is 0.124. The highest BCUT2D eigenvalue weighted by Gasteiger charge is 2.28. The van der Waals surface area contributed by atoms with Crippen LogP contribution in [-0.2, 0) is 0 Å². The molecule has 1 rings (SSSR count). The maximum absolute atomic E-state index is 11.4. The van der Waals surface area contributed by atoms with Gasteiger partial charge < -0.3 is 11.1 Å². The minimum atomic E-state index is -0.983. The number of carbonyl (C=O) groups is 1. The normalized spacial score (nSPS) is 10.9. The van der Waals surface area contributed by atoms with Crippen LogP contribution in [0.5, 0.6) is 0 Å². The maximum atomic E-state index is 11.4. The number of primary amides is 1. The summed E-state index contributed by atoms with van der Waals surface area (Å²) in [5.41, 5.74) is 3.01. The van der Waals surface area contributed by atoms with Crippen molar-refractivity contribution in [2.45, 2.75) is 26.3 Å². The quantitative estimate of drug-likeness (QED) is 0.637. The van der Waals surface area contributed by atoms with Crippen molar-refractivity contribution >= 4 is 23.0 Å². The molecule has 0 spiro atoms. The van der Waals surface area contributed by atoms with Crippen LogP contribution in [0.4, 0.5) is 17.1 Å². The van der Waals surface area contributed by atoms with Gasteiger partial charge in [-0.05, 0) is 20.8 Å². The molecule has 1 aromatic rings. The van der Waals surface area contributed by atoms with E-state index in [1.807, 2.05) is 0 Å². The summed E-state index contributed by atoms with van der Waals surface area (Å²) >= 11 is 0. The third kappa shape index (κ3) is 3.40. The molecule has 0 atom stereocenters. The molecule has 0 aliphatic heterocycles. The van der Waals surface area contributed by atoms with Crippen molar-refractivity contribution in [3.8, 4) is 0 Å². The van der Waals surface area contributed by atoms with E-state index in [-0.39, 0.29) is 11.3 Å². The number of carbonyl (C=O) groups excluding carboxylic acids is 1. The van der Waals surface area contributed by atoms with Crippen LogP contribution in [0.25, 0.3) is 0 Å². The Morgan fingerprint density at radius 2 is 1.75 bits per heavy atom. The third-order valence-corrected chi connectivity index (χ3v) is 2.28. The van der Waals surface area contributed by atoms with Crippen molar-refractivity contribution in [1.29, 1.82) is 0 Å². The lowest BCUT2D eigenvalue weighted by molar-refractivity contribution is -0.393. The van der Waals surface area contributed by atoms with Crippen LogP contribution >= 0.6 is 0 Å². The Hall–Kier alpha value is -2.71. The predicted octanol–water partition coefficient (Wildman–Crippen LogP) is 1.81. The topological polar surface area (TPSA) is 141 Å². The van der Waals surface area contributed by atoms with Gasteiger partial charge in [-0.15, -0.1) is 0 Å². The fourth-order valence-electron chi connectivity index (χ4n) is 1.56. The average molecular weight is 282 g/mol. The Morgan fingerprint density at radius 3 is 2.10 bits per heavy atom. The summed E-state index contributed by atoms with van der Waals surface area (Å²) in [7, 11) is 0. The molecule has 1 amide bonds. The monoisotopic (exact) mass is 282 g/mol. The van der Waals surface area contributed by atoms with Gasteiger partial charge in [-0.2, -0.15) is 0 Å². The maximum Gasteiger partial charge on any atom is 0.300 e. The molecule has 0 bridgehead atoms. The van der Waals surface area contributed by atoms with Crippen molar-refractivity contribution in [3.63, 3.8) is 0 Å². The summed E-state index contributed by atoms with van der Waals surface area (Å²) in [6.45, 7) is 5.18. The standard InChI is InChI=1S/C11H14N4O5/c1-11(2,3)13-9-7(10(12)16)4-6(14(17)18)5-8(9)15(19)20/h4-5,13H,1-3H3,(H2,12,16). The highest BCUT2D eigenvalue weighted by atomic mass is 16.6. The molecule has 20 heavy (non-hydrogen) atoms. The van der Waals surface area contributed by atoms with Crippen LogP contribution in [0.2, 0.25) is 0 Å². The number of amides is 1. The number of nitro groups is 2. The Bertz CT molecular complexity index is 556. The van der Waals surface area contributed by atoms with Crippen molar-refractivity contribution in [2.24, 2.45) is 5.73 Å². The SMILES string of the molecule is CC(C)(C)Nc1c(C(N)=O)cc([N+](=O)[O-])cc1[N+](=O)[O-]. The minimum Gasteiger partial charge on any atom is -0.374 e. The smallest absolute Gasteiger partial charge is 0.300 e. The zero-order chi connectivity index (χ0) is 15.7. The van der Waals surface area contributed by atoms with E-state index in [0.29, 0.717) is 0 Å². The van der Waals surface area contributed by atoms with E-state index < -0.39 is 32.7 Å². The first-order valence-electron chi connectivity index (χ1n) is 5.58. The number of hydrogen-bond donors (Lipinski definition) is 2. The van der Waals surface area contributed by atoms with E-state index in [2.05, 4.69) is 5.32 Å². The third-order valence-electron chi connectivity index (χ3n) is 2.28. The van der Waals surface area contributed by atoms with Crippen LogP contribution < -0.4 is 11.1 Å². The van der Waals surface area contributed by atoms with E-state index in [9.17, 15) is 25.0 Å². The molecule has 9 nitrogen and oxygen atoms in total. The lowest BCUT2D eigenvalue weighted by atomic mass is 10.0. The lowest BCUT2D eigenvalue weighted by Crippen LogP contribution is -2.28. The summed E-state index contributed by atoms with van der Waals surface area (Å²) < 4.78 is 0. The largest absolute Gasteiger partial charge is 0.374 e. The molecule has 0 heterocycles. The lowest BCUT2D eigenvalue weighted by Gasteiger charge is -2.23. The van der Waals surface area contributed by atoms with E-state index in [1.54, 1.807) is 20.8 Å². The second-order valence-electron chi connectivity index (χ2n) is 5.14. The molecule has 0 fully saturated rings. The summed E-state index contributed by atoms with van der Waals surface area (Å²) in [5.74, 6) is -0.983. The van der Waals surface area contributed by atoms with E-state index in [1.165, 1.54) is 0 Å². The summed E-state index contributed by atoms with van der Waals surface area (Å²) in [6, 6.07) is 1.71. The first-order chi connectivity index (χ1) is 9.03. The first-order valence-corrected chi connectivity index (χ1v) is 5.58. The molecule has 108 valence electrons. The van der Waals surface area contributed by atoms with Gasteiger partial charge in [-0.25, -0.2) is 0 Å². The first kappa shape index (κ1) is 15.3. The molecular weight excluding hydrogens is 268 g/mol. The van der Waals surface area contributed by atoms with Gasteiger partial charge in [0.15, 0.2) is 0 Å². The summed E-state index contributed by atoms with van der Waals surface area (Å²) in [6.07, 6.45) is 0. The van der Waals surface area contributed by atoms with Gasteiger partial charge in [-0.3, -0.25) is 25.0 Å². The van der Waals surface area contributed by atoms with Crippen molar-refractivity contribution in [1.82, 2.24) is 0 Å². The number of nitro benzene ring substituents is 2. The molecule has 3 N–H and O–H groups in total. The van der Waals surface area contributed by atoms with Crippen LogP contribution in [-0.4, -0.2) is 21.3 Å². The van der Waals surface area contributed by atoms with Gasteiger partial charge >= 0.3 is 0 Å². The van der Waals surface area contributed by atoms with Gasteiger partial charge in [0, 0.05) is 11.6 Å². The van der Waals surface area contributed by atoms with Gasteiger partial charge in [-0.1, -0.05) is 0 Å². The van der Waals surface area contributed by atoms with Gasteiger partial charge in [0.1, 0.15) is 5.69 Å². The number of nitrogens with two attached hydrogens (primary N) is 1. The summed E-state index contributed by atoms with van der Waals surface area (Å²) in [4.78, 5) is 31.6. The fraction of sp³-hybridized carbons (Fsp3) is 0.364. The molecule has 0 saturated carbocycles. The van der Waals surface area contributed by atoms with Crippen LogP contribution in [0.1, 0.15) is 31.1 Å². The van der Waals surface area contributed by atoms with Gasteiger partial charge in [0.25, 0.3) is 17.3 Å². The second-order valence-corrected chi connectivity index (χ2v) is 5.14. The Kier molecular flexibility index (Phi) is 3.92. The van der Waals surface area contributed by atoms with E-state index in [0.717, 1.165) is 12.1 Å². The fourth-order valence-corrected chi connectivity index (χ4v) is 1.56. The van der Waals surface area contributed by atoms with Crippen LogP contribution in [0.3, 0.4) is 0 Å². The molecule has 0 saturated heterocycles. The number of anilines is 1. The number of nitrogens with one attached hydrogen (secondary N) is 1. The molecule has 0 unspecified atom stereocenters. The second kappa shape index (κ2) is 5.11. The number of rotatable bonds is 4. The zero-order valence-electron chi connectivity index (χ0n) is 11.2. The molecule has 0 aromatic heterocycles. The molecule has 9 heteroatoms. The molecular formula is C11H14N4O5. The summed E-state index contributed by atoms with van der Waals surface area (Å²) in [5, 5.41) is 24.6. The zero-order valence-corrected chi connectivity index (χ0v) is 11.2. The van der Waals surface area contributed by atoms with Crippen molar-refractivity contribution < 1.29 is 14.6 Å². The molecule has 0 aliphatic carbocycles. The van der Waals surface area contributed by atoms with Gasteiger partial charge in [0.05, 0.1) is 21.5 Å². The molecule has 1 aromatic carbocycles. The highest BCUT2D eigenvalue weighted by molar-refractivity contribution is 6.01. The number of benzene rings is 1. The number of nitrogens with zero attached hydrogens (tertiary/aromatic N) is 2. The van der Waals surface area contributed by atoms with Crippen LogP contribution in [0.15, 0.2) is 12.1 Å².